The number of carbonyl (C=O) groups excluding carboxylic acids is 1. The van der Waals surface area contributed by atoms with Crippen molar-refractivity contribution in [1.82, 2.24) is 5.32 Å². The van der Waals surface area contributed by atoms with Gasteiger partial charge >= 0.3 is 0 Å². The molecular formula is C11H17ClN2OS. The molecule has 1 aromatic rings. The topological polar surface area (TPSA) is 41.1 Å². The number of halogens is 1. The Morgan fingerprint density at radius 3 is 2.75 bits per heavy atom. The molecule has 0 saturated heterocycles. The van der Waals surface area contributed by atoms with Crippen molar-refractivity contribution in [1.29, 1.82) is 0 Å². The lowest BCUT2D eigenvalue weighted by Gasteiger charge is -2.25. The fraction of sp³-hybridized carbons (Fsp3) is 0.545. The minimum Gasteiger partial charge on any atom is -0.380 e. The Morgan fingerprint density at radius 2 is 2.25 bits per heavy atom. The molecule has 1 heterocycles. The molecule has 5 heteroatoms. The molecule has 0 spiro atoms. The highest BCUT2D eigenvalue weighted by molar-refractivity contribution is 7.17. The predicted molar refractivity (Wildman–Crippen MR) is 70.8 cm³/mol. The van der Waals surface area contributed by atoms with E-state index in [0.717, 1.165) is 22.3 Å². The summed E-state index contributed by atoms with van der Waals surface area (Å²) < 4.78 is 0. The van der Waals surface area contributed by atoms with Crippen LogP contribution in [0.2, 0.25) is 0 Å². The molecule has 16 heavy (non-hydrogen) atoms. The van der Waals surface area contributed by atoms with Gasteiger partial charge < -0.3 is 10.6 Å². The highest BCUT2D eigenvalue weighted by Crippen LogP contribution is 2.26. The summed E-state index contributed by atoms with van der Waals surface area (Å²) in [6.07, 6.45) is 3.86. The van der Waals surface area contributed by atoms with Crippen LogP contribution in [-0.2, 0) is 0 Å². The summed E-state index contributed by atoms with van der Waals surface area (Å²) in [6.45, 7) is 0.839. The van der Waals surface area contributed by atoms with Gasteiger partial charge in [-0.1, -0.05) is 6.42 Å². The van der Waals surface area contributed by atoms with Crippen LogP contribution >= 0.6 is 23.7 Å². The van der Waals surface area contributed by atoms with Crippen molar-refractivity contribution in [3.05, 3.63) is 17.0 Å². The third-order valence-corrected chi connectivity index (χ3v) is 3.95. The Hall–Kier alpha value is -0.740. The van der Waals surface area contributed by atoms with Crippen molar-refractivity contribution in [2.24, 2.45) is 5.92 Å². The van der Waals surface area contributed by atoms with Gasteiger partial charge in [-0.15, -0.1) is 23.7 Å². The number of hydrogen-bond acceptors (Lipinski definition) is 3. The maximum Gasteiger partial charge on any atom is 0.261 e. The van der Waals surface area contributed by atoms with E-state index >= 15 is 0 Å². The van der Waals surface area contributed by atoms with Crippen molar-refractivity contribution < 1.29 is 4.79 Å². The summed E-state index contributed by atoms with van der Waals surface area (Å²) in [5.74, 6) is 0.783. The zero-order valence-electron chi connectivity index (χ0n) is 9.29. The molecular weight excluding hydrogens is 244 g/mol. The molecule has 0 bridgehead atoms. The smallest absolute Gasteiger partial charge is 0.261 e. The second-order valence-corrected chi connectivity index (χ2v) is 5.00. The molecule has 1 aliphatic carbocycles. The molecule has 0 aliphatic heterocycles. The standard InChI is InChI=1S/C11H16N2OS.ClH/c1-12-10-6-5-9(15-10)11(14)13-7-8-3-2-4-8;/h5-6,8,12H,2-4,7H2,1H3,(H,13,14);1H. The zero-order valence-corrected chi connectivity index (χ0v) is 10.9. The van der Waals surface area contributed by atoms with Crippen LogP contribution in [0.1, 0.15) is 28.9 Å². The lowest BCUT2D eigenvalue weighted by Crippen LogP contribution is -2.31. The monoisotopic (exact) mass is 260 g/mol. The first-order valence-corrected chi connectivity index (χ1v) is 6.17. The highest BCUT2D eigenvalue weighted by Gasteiger charge is 2.18. The maximum atomic E-state index is 11.7. The molecule has 0 atom stereocenters. The van der Waals surface area contributed by atoms with Crippen molar-refractivity contribution in [3.63, 3.8) is 0 Å². The second kappa shape index (κ2) is 6.11. The summed E-state index contributed by atoms with van der Waals surface area (Å²) >= 11 is 1.50. The number of thiophene rings is 1. The summed E-state index contributed by atoms with van der Waals surface area (Å²) in [7, 11) is 1.86. The molecule has 0 radical (unpaired) electrons. The number of rotatable bonds is 4. The molecule has 0 unspecified atom stereocenters. The number of anilines is 1. The van der Waals surface area contributed by atoms with E-state index in [4.69, 9.17) is 0 Å². The minimum absolute atomic E-state index is 0. The zero-order chi connectivity index (χ0) is 10.7. The Kier molecular flexibility index (Phi) is 5.09. The van der Waals surface area contributed by atoms with Crippen molar-refractivity contribution >= 4 is 34.7 Å². The molecule has 2 N–H and O–H groups in total. The molecule has 1 saturated carbocycles. The number of nitrogens with one attached hydrogen (secondary N) is 2. The lowest BCUT2D eigenvalue weighted by molar-refractivity contribution is 0.0943. The van der Waals surface area contributed by atoms with Gasteiger partial charge in [0, 0.05) is 13.6 Å². The average molecular weight is 261 g/mol. The maximum absolute atomic E-state index is 11.7. The summed E-state index contributed by atoms with van der Waals surface area (Å²) in [4.78, 5) is 12.5. The van der Waals surface area contributed by atoms with E-state index in [0.29, 0.717) is 0 Å². The Bertz CT molecular complexity index is 350. The van der Waals surface area contributed by atoms with Gasteiger partial charge in [0.05, 0.1) is 9.88 Å². The van der Waals surface area contributed by atoms with Crippen LogP contribution in [0.5, 0.6) is 0 Å². The molecule has 3 nitrogen and oxygen atoms in total. The van der Waals surface area contributed by atoms with E-state index in [2.05, 4.69) is 10.6 Å². The SMILES string of the molecule is CNc1ccc(C(=O)NCC2CCC2)s1.Cl. The Balaban J connectivity index is 0.00000128. The van der Waals surface area contributed by atoms with Gasteiger partial charge in [0.15, 0.2) is 0 Å². The first kappa shape index (κ1) is 13.3. The van der Waals surface area contributed by atoms with Crippen molar-refractivity contribution in [2.75, 3.05) is 18.9 Å². The molecule has 90 valence electrons. The Morgan fingerprint density at radius 1 is 1.50 bits per heavy atom. The molecule has 2 rings (SSSR count). The van der Waals surface area contributed by atoms with Gasteiger partial charge in [-0.2, -0.15) is 0 Å². The molecule has 1 aliphatic rings. The van der Waals surface area contributed by atoms with Crippen LogP contribution in [-0.4, -0.2) is 19.5 Å². The highest BCUT2D eigenvalue weighted by atomic mass is 35.5. The molecule has 1 aromatic heterocycles. The van der Waals surface area contributed by atoms with Crippen LogP contribution in [0.15, 0.2) is 12.1 Å². The third-order valence-electron chi connectivity index (χ3n) is 2.85. The number of carbonyl (C=O) groups is 1. The van der Waals surface area contributed by atoms with Crippen LogP contribution < -0.4 is 10.6 Å². The van der Waals surface area contributed by atoms with E-state index in [1.807, 2.05) is 19.2 Å². The quantitative estimate of drug-likeness (QED) is 0.874. The predicted octanol–water partition coefficient (Wildman–Crippen LogP) is 2.74. The van der Waals surface area contributed by atoms with E-state index in [-0.39, 0.29) is 18.3 Å². The molecule has 1 fully saturated rings. The van der Waals surface area contributed by atoms with Gasteiger partial charge in [-0.3, -0.25) is 4.79 Å². The largest absolute Gasteiger partial charge is 0.380 e. The summed E-state index contributed by atoms with van der Waals surface area (Å²) in [6, 6.07) is 3.80. The van der Waals surface area contributed by atoms with Gasteiger partial charge in [0.25, 0.3) is 5.91 Å². The van der Waals surface area contributed by atoms with E-state index in [9.17, 15) is 4.79 Å². The molecule has 0 aromatic carbocycles. The van der Waals surface area contributed by atoms with Crippen LogP contribution in [0.4, 0.5) is 5.00 Å². The third kappa shape index (κ3) is 3.12. The Labute approximate surface area is 106 Å². The van der Waals surface area contributed by atoms with Crippen LogP contribution in [0.3, 0.4) is 0 Å². The lowest BCUT2D eigenvalue weighted by atomic mass is 9.85. The first-order valence-electron chi connectivity index (χ1n) is 5.35. The van der Waals surface area contributed by atoms with Crippen molar-refractivity contribution in [3.8, 4) is 0 Å². The van der Waals surface area contributed by atoms with Crippen LogP contribution in [0, 0.1) is 5.92 Å². The van der Waals surface area contributed by atoms with Crippen LogP contribution in [0.25, 0.3) is 0 Å². The number of amides is 1. The second-order valence-electron chi connectivity index (χ2n) is 3.92. The van der Waals surface area contributed by atoms with E-state index in [1.165, 1.54) is 30.6 Å². The normalized spacial score (nSPS) is 14.8. The van der Waals surface area contributed by atoms with E-state index < -0.39 is 0 Å². The summed E-state index contributed by atoms with van der Waals surface area (Å²) in [5, 5.41) is 7.04. The van der Waals surface area contributed by atoms with E-state index in [1.54, 1.807) is 0 Å². The van der Waals surface area contributed by atoms with Gasteiger partial charge in [0.1, 0.15) is 0 Å². The van der Waals surface area contributed by atoms with Crippen molar-refractivity contribution in [2.45, 2.75) is 19.3 Å². The fourth-order valence-electron chi connectivity index (χ4n) is 1.62. The number of hydrogen-bond donors (Lipinski definition) is 2. The summed E-state index contributed by atoms with van der Waals surface area (Å²) in [5.41, 5.74) is 0. The fourth-order valence-corrected chi connectivity index (χ4v) is 2.39. The first-order chi connectivity index (χ1) is 7.29. The van der Waals surface area contributed by atoms with Gasteiger partial charge in [-0.05, 0) is 30.9 Å². The molecule has 1 amide bonds. The minimum atomic E-state index is 0. The van der Waals surface area contributed by atoms with Gasteiger partial charge in [-0.25, -0.2) is 0 Å². The van der Waals surface area contributed by atoms with Gasteiger partial charge in [0.2, 0.25) is 0 Å². The average Bonchev–Trinajstić information content (AvgIpc) is 2.63.